The van der Waals surface area contributed by atoms with Crippen LogP contribution in [0.4, 0.5) is 0 Å². The topological polar surface area (TPSA) is 75.7 Å². The maximum absolute atomic E-state index is 5.57. The Kier molecular flexibility index (Phi) is 6.50. The zero-order valence-corrected chi connectivity index (χ0v) is 10.8. The Morgan fingerprint density at radius 2 is 1.64 bits per heavy atom. The summed E-state index contributed by atoms with van der Waals surface area (Å²) >= 11 is 0. The SMILES string of the molecule is CC(N)C1(C)CN1.CO[SiH](OC)OC. The highest BCUT2D eigenvalue weighted by Crippen LogP contribution is 2.17. The molecule has 0 amide bonds. The van der Waals surface area contributed by atoms with Crippen molar-refractivity contribution in [3.05, 3.63) is 0 Å². The summed E-state index contributed by atoms with van der Waals surface area (Å²) in [6.07, 6.45) is 0. The molecule has 1 heterocycles. The van der Waals surface area contributed by atoms with Crippen molar-refractivity contribution in [2.24, 2.45) is 5.73 Å². The normalized spacial score (nSPS) is 26.8. The van der Waals surface area contributed by atoms with Gasteiger partial charge >= 0.3 is 9.53 Å². The smallest absolute Gasteiger partial charge is 0.379 e. The standard InChI is InChI=1S/C5H12N2.C3H10O3Si/c1-4(6)5(2)3-7-5;1-4-7(5-2)6-3/h4,7H,3,6H2,1-2H3;7H,1-3H3. The van der Waals surface area contributed by atoms with Crippen LogP contribution in [-0.2, 0) is 13.3 Å². The van der Waals surface area contributed by atoms with Crippen molar-refractivity contribution in [2.45, 2.75) is 25.4 Å². The van der Waals surface area contributed by atoms with Gasteiger partial charge in [0.25, 0.3) is 0 Å². The fourth-order valence-corrected chi connectivity index (χ4v) is 1.33. The molecule has 0 saturated carbocycles. The minimum Gasteiger partial charge on any atom is -0.379 e. The fraction of sp³-hybridized carbons (Fsp3) is 1.00. The van der Waals surface area contributed by atoms with Crippen LogP contribution < -0.4 is 11.1 Å². The highest BCUT2D eigenvalue weighted by atomic mass is 28.3. The first-order valence-electron chi connectivity index (χ1n) is 4.59. The minimum atomic E-state index is -1.67. The van der Waals surface area contributed by atoms with Crippen LogP contribution in [0.3, 0.4) is 0 Å². The maximum atomic E-state index is 5.57. The lowest BCUT2D eigenvalue weighted by Crippen LogP contribution is -2.34. The van der Waals surface area contributed by atoms with Gasteiger partial charge in [0.15, 0.2) is 0 Å². The molecule has 0 aromatic carbocycles. The average molecular weight is 222 g/mol. The Morgan fingerprint density at radius 3 is 1.64 bits per heavy atom. The molecule has 0 aliphatic carbocycles. The number of nitrogens with one attached hydrogen (secondary N) is 1. The van der Waals surface area contributed by atoms with E-state index in [2.05, 4.69) is 12.2 Å². The molecule has 1 aliphatic rings. The van der Waals surface area contributed by atoms with Gasteiger partial charge < -0.3 is 24.3 Å². The number of hydrogen-bond acceptors (Lipinski definition) is 5. The molecule has 0 aromatic heterocycles. The van der Waals surface area contributed by atoms with E-state index < -0.39 is 9.53 Å². The summed E-state index contributed by atoms with van der Waals surface area (Å²) in [7, 11) is 3.05. The van der Waals surface area contributed by atoms with Crippen LogP contribution in [0.5, 0.6) is 0 Å². The Hall–Kier alpha value is 0.0169. The summed E-state index contributed by atoms with van der Waals surface area (Å²) in [4.78, 5) is 0. The van der Waals surface area contributed by atoms with Crippen molar-refractivity contribution in [1.82, 2.24) is 5.32 Å². The van der Waals surface area contributed by atoms with Crippen LogP contribution in [0, 0.1) is 0 Å². The molecule has 0 spiro atoms. The van der Waals surface area contributed by atoms with Gasteiger partial charge in [0.05, 0.1) is 0 Å². The maximum Gasteiger partial charge on any atom is 0.483 e. The molecule has 0 aromatic rings. The largest absolute Gasteiger partial charge is 0.483 e. The molecule has 86 valence electrons. The van der Waals surface area contributed by atoms with E-state index in [-0.39, 0.29) is 5.54 Å². The zero-order valence-electron chi connectivity index (χ0n) is 9.66. The number of hydrogen-bond donors (Lipinski definition) is 2. The van der Waals surface area contributed by atoms with E-state index in [1.54, 1.807) is 21.3 Å². The molecule has 0 radical (unpaired) electrons. The van der Waals surface area contributed by atoms with E-state index in [9.17, 15) is 0 Å². The van der Waals surface area contributed by atoms with Crippen LogP contribution in [-0.4, -0.2) is 49.0 Å². The van der Waals surface area contributed by atoms with Crippen LogP contribution in [0.1, 0.15) is 13.8 Å². The van der Waals surface area contributed by atoms with Gasteiger partial charge in [0.1, 0.15) is 0 Å². The molecule has 6 heteroatoms. The monoisotopic (exact) mass is 222 g/mol. The van der Waals surface area contributed by atoms with Crippen molar-refractivity contribution in [1.29, 1.82) is 0 Å². The molecule has 5 nitrogen and oxygen atoms in total. The summed E-state index contributed by atoms with van der Waals surface area (Å²) < 4.78 is 14.2. The lowest BCUT2D eigenvalue weighted by molar-refractivity contribution is 0.163. The highest BCUT2D eigenvalue weighted by molar-refractivity contribution is 6.36. The van der Waals surface area contributed by atoms with Crippen LogP contribution in [0.25, 0.3) is 0 Å². The van der Waals surface area contributed by atoms with Gasteiger partial charge in [-0.15, -0.1) is 0 Å². The average Bonchev–Trinajstić information content (AvgIpc) is 2.89. The summed E-state index contributed by atoms with van der Waals surface area (Å²) in [5, 5.41) is 3.19. The second-order valence-electron chi connectivity index (χ2n) is 3.56. The Morgan fingerprint density at radius 1 is 1.29 bits per heavy atom. The highest BCUT2D eigenvalue weighted by Gasteiger charge is 2.39. The summed E-state index contributed by atoms with van der Waals surface area (Å²) in [6.45, 7) is 5.25. The van der Waals surface area contributed by atoms with Gasteiger partial charge in [-0.2, -0.15) is 0 Å². The van der Waals surface area contributed by atoms with Crippen molar-refractivity contribution >= 4 is 9.53 Å². The zero-order chi connectivity index (χ0) is 11.2. The third kappa shape index (κ3) is 5.04. The van der Waals surface area contributed by atoms with Crippen LogP contribution >= 0.6 is 0 Å². The van der Waals surface area contributed by atoms with Crippen LogP contribution in [0.15, 0.2) is 0 Å². The second kappa shape index (κ2) is 6.49. The fourth-order valence-electron chi connectivity index (χ4n) is 0.750. The van der Waals surface area contributed by atoms with Crippen molar-refractivity contribution in [3.63, 3.8) is 0 Å². The second-order valence-corrected chi connectivity index (χ2v) is 5.55. The first kappa shape index (κ1) is 14.0. The first-order chi connectivity index (χ1) is 6.50. The molecule has 1 saturated heterocycles. The van der Waals surface area contributed by atoms with Crippen molar-refractivity contribution < 1.29 is 13.3 Å². The van der Waals surface area contributed by atoms with Gasteiger partial charge in [-0.3, -0.25) is 0 Å². The third-order valence-corrected chi connectivity index (χ3v) is 3.47. The summed E-state index contributed by atoms with van der Waals surface area (Å²) in [5.41, 5.74) is 5.85. The lowest BCUT2D eigenvalue weighted by Gasteiger charge is -2.09. The van der Waals surface area contributed by atoms with Gasteiger partial charge in [-0.1, -0.05) is 0 Å². The molecular formula is C8H22N2O3Si. The third-order valence-electron chi connectivity index (χ3n) is 2.32. The van der Waals surface area contributed by atoms with E-state index in [4.69, 9.17) is 19.0 Å². The summed E-state index contributed by atoms with van der Waals surface area (Å²) in [5.74, 6) is 0. The molecule has 1 fully saturated rings. The number of nitrogens with two attached hydrogens (primary N) is 1. The van der Waals surface area contributed by atoms with Crippen LogP contribution in [0.2, 0.25) is 0 Å². The van der Waals surface area contributed by atoms with Crippen molar-refractivity contribution in [2.75, 3.05) is 27.9 Å². The van der Waals surface area contributed by atoms with Gasteiger partial charge in [-0.25, -0.2) is 0 Å². The molecule has 14 heavy (non-hydrogen) atoms. The van der Waals surface area contributed by atoms with Gasteiger partial charge in [0.2, 0.25) is 0 Å². The van der Waals surface area contributed by atoms with Crippen molar-refractivity contribution in [3.8, 4) is 0 Å². The predicted octanol–water partition coefficient (Wildman–Crippen LogP) is -0.662. The Bertz CT molecular complexity index is 144. The van der Waals surface area contributed by atoms with Gasteiger partial charge in [0, 0.05) is 39.5 Å². The molecule has 2 atom stereocenters. The van der Waals surface area contributed by atoms with Gasteiger partial charge in [-0.05, 0) is 13.8 Å². The first-order valence-corrected chi connectivity index (χ1v) is 6.00. The predicted molar refractivity (Wildman–Crippen MR) is 58.2 cm³/mol. The molecule has 1 aliphatic heterocycles. The molecule has 1 rings (SSSR count). The Labute approximate surface area is 87.9 Å². The quantitative estimate of drug-likeness (QED) is 0.488. The molecule has 2 unspecified atom stereocenters. The van der Waals surface area contributed by atoms with E-state index in [0.29, 0.717) is 6.04 Å². The number of rotatable bonds is 4. The summed E-state index contributed by atoms with van der Waals surface area (Å²) in [6, 6.07) is 0.299. The molecule has 3 N–H and O–H groups in total. The van der Waals surface area contributed by atoms with E-state index in [0.717, 1.165) is 6.54 Å². The molecule has 0 bridgehead atoms. The van der Waals surface area contributed by atoms with E-state index >= 15 is 0 Å². The van der Waals surface area contributed by atoms with E-state index in [1.807, 2.05) is 6.92 Å². The molecular weight excluding hydrogens is 200 g/mol. The Balaban J connectivity index is 0.000000241. The lowest BCUT2D eigenvalue weighted by atomic mass is 10.1. The van der Waals surface area contributed by atoms with E-state index in [1.165, 1.54) is 0 Å². The minimum absolute atomic E-state index is 0.278.